The molecule has 2 rings (SSSR count). The summed E-state index contributed by atoms with van der Waals surface area (Å²) in [6.45, 7) is 1.78. The zero-order chi connectivity index (χ0) is 24.8. The third-order valence-electron chi connectivity index (χ3n) is 4.08. The van der Waals surface area contributed by atoms with Crippen LogP contribution in [0.5, 0.6) is 0 Å². The van der Waals surface area contributed by atoms with Crippen molar-refractivity contribution in [2.75, 3.05) is 11.6 Å². The second kappa shape index (κ2) is 9.99. The van der Waals surface area contributed by atoms with Crippen LogP contribution in [0.4, 0.5) is 42.5 Å². The molecule has 2 aromatic rings. The Morgan fingerprint density at radius 2 is 1.52 bits per heavy atom. The van der Waals surface area contributed by atoms with E-state index in [1.54, 1.807) is 19.1 Å². The highest BCUT2D eigenvalue weighted by Crippen LogP contribution is 2.35. The Labute approximate surface area is 183 Å². The highest BCUT2D eigenvalue weighted by atomic mass is 19.4. The molecule has 0 atom stereocenters. The van der Waals surface area contributed by atoms with E-state index in [1.165, 1.54) is 0 Å². The lowest BCUT2D eigenvalue weighted by Gasteiger charge is -2.19. The topological polar surface area (TPSA) is 105 Å². The fourth-order valence-corrected chi connectivity index (χ4v) is 2.46. The summed E-state index contributed by atoms with van der Waals surface area (Å²) >= 11 is 0. The highest BCUT2D eigenvalue weighted by molar-refractivity contribution is 5.92. The number of nitriles is 2. The molecule has 0 radical (unpaired) electrons. The molecule has 2 amide bonds. The van der Waals surface area contributed by atoms with Crippen LogP contribution in [0.2, 0.25) is 0 Å². The maximum Gasteiger partial charge on any atom is 0.416 e. The van der Waals surface area contributed by atoms with Crippen molar-refractivity contribution in [3.05, 3.63) is 58.7 Å². The molecule has 0 unspecified atom stereocenters. The summed E-state index contributed by atoms with van der Waals surface area (Å²) in [7, 11) is 0. The minimum atomic E-state index is -4.82. The number of nitrogens with zero attached hydrogens (tertiary/aromatic N) is 5. The van der Waals surface area contributed by atoms with Gasteiger partial charge in [-0.1, -0.05) is 12.1 Å². The third-order valence-corrected chi connectivity index (χ3v) is 4.08. The number of benzene rings is 2. The maximum atomic E-state index is 13.2. The summed E-state index contributed by atoms with van der Waals surface area (Å²) in [4.78, 5) is 12.6. The van der Waals surface area contributed by atoms with Gasteiger partial charge in [0.25, 0.3) is 0 Å². The van der Waals surface area contributed by atoms with E-state index in [2.05, 4.69) is 15.7 Å². The third kappa shape index (κ3) is 6.20. The summed E-state index contributed by atoms with van der Waals surface area (Å²) in [5.74, 6) is 0. The SMILES string of the molecule is CCCNC(=O)N(/N=N/c1cc(C(F)(F)F)ccc1C#N)c1cc(C(F)(F)F)ccc1C#N. The van der Waals surface area contributed by atoms with Gasteiger partial charge < -0.3 is 5.32 Å². The van der Waals surface area contributed by atoms with Crippen LogP contribution in [0.1, 0.15) is 35.6 Å². The number of carbonyl (C=O) groups excluding carboxylic acids is 1. The fourth-order valence-electron chi connectivity index (χ4n) is 2.46. The Balaban J connectivity index is 2.65. The molecular formula is C20H14F6N6O. The first-order valence-corrected chi connectivity index (χ1v) is 9.14. The van der Waals surface area contributed by atoms with E-state index in [0.717, 1.165) is 12.1 Å². The predicted molar refractivity (Wildman–Crippen MR) is 103 cm³/mol. The minimum absolute atomic E-state index is 0.0820. The van der Waals surface area contributed by atoms with Gasteiger partial charge in [-0.05, 0) is 42.8 Å². The zero-order valence-corrected chi connectivity index (χ0v) is 16.8. The Kier molecular flexibility index (Phi) is 7.61. The van der Waals surface area contributed by atoms with E-state index >= 15 is 0 Å². The first kappa shape index (κ1) is 25.1. The highest BCUT2D eigenvalue weighted by Gasteiger charge is 2.33. The molecule has 172 valence electrons. The van der Waals surface area contributed by atoms with E-state index in [9.17, 15) is 36.4 Å². The van der Waals surface area contributed by atoms with Gasteiger partial charge in [0.05, 0.1) is 27.9 Å². The summed E-state index contributed by atoms with van der Waals surface area (Å²) in [5, 5.41) is 28.1. The van der Waals surface area contributed by atoms with Crippen molar-refractivity contribution < 1.29 is 31.1 Å². The lowest BCUT2D eigenvalue weighted by molar-refractivity contribution is -0.138. The van der Waals surface area contributed by atoms with Crippen molar-refractivity contribution in [2.24, 2.45) is 10.3 Å². The monoisotopic (exact) mass is 468 g/mol. The molecule has 0 aliphatic rings. The van der Waals surface area contributed by atoms with Gasteiger partial charge in [0.15, 0.2) is 0 Å². The quantitative estimate of drug-likeness (QED) is 0.326. The molecule has 13 heteroatoms. The first-order valence-electron chi connectivity index (χ1n) is 9.14. The number of hydrogen-bond acceptors (Lipinski definition) is 5. The summed E-state index contributed by atoms with van der Waals surface area (Å²) in [5.41, 5.74) is -4.24. The van der Waals surface area contributed by atoms with Crippen molar-refractivity contribution in [1.82, 2.24) is 5.32 Å². The molecule has 0 heterocycles. The fraction of sp³-hybridized carbons (Fsp3) is 0.250. The molecule has 0 spiro atoms. The molecule has 0 fully saturated rings. The Hall–Kier alpha value is -4.13. The van der Waals surface area contributed by atoms with Gasteiger partial charge in [0.1, 0.15) is 17.8 Å². The number of halogens is 6. The predicted octanol–water partition coefficient (Wildman–Crippen LogP) is 6.09. The van der Waals surface area contributed by atoms with Crippen LogP contribution in [-0.4, -0.2) is 12.6 Å². The van der Waals surface area contributed by atoms with Gasteiger partial charge in [0.2, 0.25) is 0 Å². The van der Waals surface area contributed by atoms with Gasteiger partial charge in [0, 0.05) is 6.54 Å². The smallest absolute Gasteiger partial charge is 0.336 e. The van der Waals surface area contributed by atoms with Crippen LogP contribution in [0.3, 0.4) is 0 Å². The minimum Gasteiger partial charge on any atom is -0.336 e. The van der Waals surface area contributed by atoms with Crippen molar-refractivity contribution in [3.63, 3.8) is 0 Å². The van der Waals surface area contributed by atoms with Gasteiger partial charge in [-0.15, -0.1) is 5.11 Å². The van der Waals surface area contributed by atoms with Crippen molar-refractivity contribution in [2.45, 2.75) is 25.7 Å². The van der Waals surface area contributed by atoms with Crippen LogP contribution in [0, 0.1) is 22.7 Å². The summed E-state index contributed by atoms with van der Waals surface area (Å²) < 4.78 is 78.6. The number of nitrogens with one attached hydrogen (secondary N) is 1. The second-order valence-corrected chi connectivity index (χ2v) is 6.42. The zero-order valence-electron chi connectivity index (χ0n) is 16.8. The van der Waals surface area contributed by atoms with E-state index in [1.807, 2.05) is 0 Å². The van der Waals surface area contributed by atoms with Gasteiger partial charge in [-0.2, -0.15) is 41.9 Å². The Morgan fingerprint density at radius 1 is 0.970 bits per heavy atom. The number of amides is 2. The van der Waals surface area contributed by atoms with E-state index < -0.39 is 40.9 Å². The molecule has 0 saturated heterocycles. The number of alkyl halides is 6. The average Bonchev–Trinajstić information content (AvgIpc) is 2.76. The molecule has 7 nitrogen and oxygen atoms in total. The van der Waals surface area contributed by atoms with Crippen molar-refractivity contribution in [1.29, 1.82) is 10.5 Å². The summed E-state index contributed by atoms with van der Waals surface area (Å²) in [6.07, 6.45) is -9.15. The molecule has 0 bridgehead atoms. The van der Waals surface area contributed by atoms with Crippen LogP contribution in [0.15, 0.2) is 46.7 Å². The number of carbonyl (C=O) groups is 1. The Bertz CT molecular complexity index is 1140. The number of rotatable bonds is 5. The van der Waals surface area contributed by atoms with Crippen LogP contribution in [-0.2, 0) is 12.4 Å². The average molecular weight is 468 g/mol. The van der Waals surface area contributed by atoms with E-state index in [-0.39, 0.29) is 17.7 Å². The number of hydrogen-bond donors (Lipinski definition) is 1. The normalized spacial score (nSPS) is 11.7. The second-order valence-electron chi connectivity index (χ2n) is 6.42. The van der Waals surface area contributed by atoms with E-state index in [4.69, 9.17) is 5.26 Å². The molecule has 33 heavy (non-hydrogen) atoms. The van der Waals surface area contributed by atoms with Gasteiger partial charge in [-0.25, -0.2) is 4.79 Å². The molecule has 1 N–H and O–H groups in total. The molecular weight excluding hydrogens is 454 g/mol. The van der Waals surface area contributed by atoms with Crippen molar-refractivity contribution >= 4 is 17.4 Å². The molecule has 0 aliphatic carbocycles. The molecule has 0 aliphatic heterocycles. The molecule has 0 saturated carbocycles. The Morgan fingerprint density at radius 3 is 2.03 bits per heavy atom. The standard InChI is InChI=1S/C20H14F6N6O/c1-2-7-29-18(33)32(17-9-15(20(24,25)26)6-4-13(17)11-28)31-30-16-8-14(19(21,22)23)5-3-12(16)10-27/h3-6,8-9H,2,7H2,1H3,(H,29,33)/b31-30+. The number of urea groups is 1. The van der Waals surface area contributed by atoms with Gasteiger partial charge >= 0.3 is 18.4 Å². The van der Waals surface area contributed by atoms with Gasteiger partial charge in [-0.3, -0.25) is 0 Å². The maximum absolute atomic E-state index is 13.2. The molecule has 0 aromatic heterocycles. The van der Waals surface area contributed by atoms with Crippen LogP contribution < -0.4 is 10.3 Å². The molecule has 2 aromatic carbocycles. The largest absolute Gasteiger partial charge is 0.416 e. The number of anilines is 1. The lowest BCUT2D eigenvalue weighted by Crippen LogP contribution is -2.37. The lowest BCUT2D eigenvalue weighted by atomic mass is 10.1. The first-order chi connectivity index (χ1) is 15.4. The van der Waals surface area contributed by atoms with Crippen LogP contribution in [0.25, 0.3) is 0 Å². The van der Waals surface area contributed by atoms with Crippen molar-refractivity contribution in [3.8, 4) is 12.1 Å². The van der Waals surface area contributed by atoms with E-state index in [0.29, 0.717) is 35.7 Å². The summed E-state index contributed by atoms with van der Waals surface area (Å²) in [6, 6.07) is 6.07. The van der Waals surface area contributed by atoms with Crippen LogP contribution >= 0.6 is 0 Å².